The molecule has 4 nitrogen and oxygen atoms in total. The quantitative estimate of drug-likeness (QED) is 0.876. The van der Waals surface area contributed by atoms with Gasteiger partial charge < -0.3 is 14.7 Å². The van der Waals surface area contributed by atoms with Crippen molar-refractivity contribution in [1.82, 2.24) is 4.90 Å². The third-order valence-corrected chi connectivity index (χ3v) is 4.66. The summed E-state index contributed by atoms with van der Waals surface area (Å²) in [6.07, 6.45) is -2.38. The number of ether oxygens (including phenoxy) is 1. The standard InChI is InChI=1S/C16H23NO.C2HF3O2/c1-18-12-13-7-8-17(10-13)11-15-9-16(15)14-5-3-2-4-6-14;3-2(4,5)1(6)7/h2-6,13,15-16H,7-12H2,1H3;(H,6,7)/t13?,15-,16-;/m0./s1. The SMILES string of the molecule is COCC1CCN(C[C@@H]2C[C@H]2c2ccccc2)C1.O=C(O)C(F)(F)F. The fourth-order valence-corrected chi connectivity index (χ4v) is 3.34. The summed E-state index contributed by atoms with van der Waals surface area (Å²) < 4.78 is 37.0. The third-order valence-electron chi connectivity index (χ3n) is 4.66. The predicted molar refractivity (Wildman–Crippen MR) is 87.4 cm³/mol. The Morgan fingerprint density at radius 2 is 1.96 bits per heavy atom. The Kier molecular flexibility index (Phi) is 6.84. The molecule has 1 aliphatic carbocycles. The van der Waals surface area contributed by atoms with Gasteiger partial charge in [0.1, 0.15) is 0 Å². The first kappa shape index (κ1) is 19.7. The van der Waals surface area contributed by atoms with Gasteiger partial charge in [0.15, 0.2) is 0 Å². The van der Waals surface area contributed by atoms with Crippen LogP contribution in [0.1, 0.15) is 24.3 Å². The zero-order chi connectivity index (χ0) is 18.4. The molecule has 140 valence electrons. The van der Waals surface area contributed by atoms with Gasteiger partial charge in [-0.2, -0.15) is 13.2 Å². The average Bonchev–Trinajstić information content (AvgIpc) is 3.18. The molecule has 1 saturated heterocycles. The molecule has 1 heterocycles. The van der Waals surface area contributed by atoms with Crippen molar-refractivity contribution in [2.24, 2.45) is 11.8 Å². The summed E-state index contributed by atoms with van der Waals surface area (Å²) in [7, 11) is 1.81. The van der Waals surface area contributed by atoms with Crippen LogP contribution in [-0.4, -0.2) is 55.5 Å². The van der Waals surface area contributed by atoms with Crippen LogP contribution in [-0.2, 0) is 9.53 Å². The minimum absolute atomic E-state index is 0.768. The van der Waals surface area contributed by atoms with Gasteiger partial charge in [0, 0.05) is 20.2 Å². The Balaban J connectivity index is 0.000000277. The van der Waals surface area contributed by atoms with E-state index in [2.05, 4.69) is 35.2 Å². The Hall–Kier alpha value is -1.60. The number of nitrogens with zero attached hydrogens (tertiary/aromatic N) is 1. The number of halogens is 3. The average molecular weight is 359 g/mol. The molecule has 3 atom stereocenters. The number of carbonyl (C=O) groups is 1. The molecule has 7 heteroatoms. The van der Waals surface area contributed by atoms with Crippen LogP contribution >= 0.6 is 0 Å². The Bertz CT molecular complexity index is 550. The van der Waals surface area contributed by atoms with E-state index in [4.69, 9.17) is 14.6 Å². The van der Waals surface area contributed by atoms with Crippen molar-refractivity contribution in [2.45, 2.75) is 24.9 Å². The summed E-state index contributed by atoms with van der Waals surface area (Å²) in [6.45, 7) is 4.74. The van der Waals surface area contributed by atoms with Crippen LogP contribution in [0.15, 0.2) is 30.3 Å². The van der Waals surface area contributed by atoms with Gasteiger partial charge in [-0.1, -0.05) is 30.3 Å². The zero-order valence-corrected chi connectivity index (χ0v) is 14.2. The summed E-state index contributed by atoms with van der Waals surface area (Å²) in [5.41, 5.74) is 1.54. The highest BCUT2D eigenvalue weighted by molar-refractivity contribution is 5.73. The maximum absolute atomic E-state index is 10.6. The second-order valence-corrected chi connectivity index (χ2v) is 6.69. The van der Waals surface area contributed by atoms with Crippen molar-refractivity contribution in [3.05, 3.63) is 35.9 Å². The van der Waals surface area contributed by atoms with E-state index < -0.39 is 12.1 Å². The number of hydrogen-bond acceptors (Lipinski definition) is 3. The molecule has 1 aromatic carbocycles. The molecule has 2 aliphatic rings. The highest BCUT2D eigenvalue weighted by atomic mass is 19.4. The van der Waals surface area contributed by atoms with Gasteiger partial charge in [-0.25, -0.2) is 4.79 Å². The van der Waals surface area contributed by atoms with Gasteiger partial charge in [-0.05, 0) is 42.7 Å². The number of carboxylic acid groups (broad SMARTS) is 1. The second kappa shape index (κ2) is 8.67. The van der Waals surface area contributed by atoms with Gasteiger partial charge in [0.2, 0.25) is 0 Å². The van der Waals surface area contributed by atoms with Gasteiger partial charge in [-0.3, -0.25) is 0 Å². The molecule has 0 radical (unpaired) electrons. The van der Waals surface area contributed by atoms with E-state index in [9.17, 15) is 13.2 Å². The van der Waals surface area contributed by atoms with Crippen molar-refractivity contribution < 1.29 is 27.8 Å². The predicted octanol–water partition coefficient (Wildman–Crippen LogP) is 3.39. The molecular formula is C18H24F3NO3. The van der Waals surface area contributed by atoms with Crippen molar-refractivity contribution in [1.29, 1.82) is 0 Å². The Morgan fingerprint density at radius 1 is 1.32 bits per heavy atom. The van der Waals surface area contributed by atoms with Crippen LogP contribution in [0.25, 0.3) is 0 Å². The van der Waals surface area contributed by atoms with Crippen molar-refractivity contribution >= 4 is 5.97 Å². The van der Waals surface area contributed by atoms with E-state index in [1.165, 1.54) is 38.0 Å². The minimum atomic E-state index is -5.08. The minimum Gasteiger partial charge on any atom is -0.475 e. The van der Waals surface area contributed by atoms with E-state index in [1.54, 1.807) is 0 Å². The molecule has 0 aromatic heterocycles. The first-order valence-electron chi connectivity index (χ1n) is 8.37. The number of alkyl halides is 3. The molecule has 1 N–H and O–H groups in total. The van der Waals surface area contributed by atoms with E-state index in [-0.39, 0.29) is 0 Å². The van der Waals surface area contributed by atoms with Crippen LogP contribution in [0.4, 0.5) is 13.2 Å². The molecule has 1 aromatic rings. The number of aliphatic carboxylic acids is 1. The molecule has 2 fully saturated rings. The molecule has 0 spiro atoms. The highest BCUT2D eigenvalue weighted by Crippen LogP contribution is 2.48. The molecule has 1 aliphatic heterocycles. The number of carboxylic acids is 1. The van der Waals surface area contributed by atoms with Gasteiger partial charge >= 0.3 is 12.1 Å². The van der Waals surface area contributed by atoms with Crippen LogP contribution in [0, 0.1) is 11.8 Å². The number of benzene rings is 1. The second-order valence-electron chi connectivity index (χ2n) is 6.69. The summed E-state index contributed by atoms with van der Waals surface area (Å²) in [4.78, 5) is 11.5. The van der Waals surface area contributed by atoms with E-state index in [1.807, 2.05) is 7.11 Å². The summed E-state index contributed by atoms with van der Waals surface area (Å²) in [6, 6.07) is 11.0. The highest BCUT2D eigenvalue weighted by Gasteiger charge is 2.40. The zero-order valence-electron chi connectivity index (χ0n) is 14.2. The number of methoxy groups -OCH3 is 1. The lowest BCUT2D eigenvalue weighted by atomic mass is 10.1. The summed E-state index contributed by atoms with van der Waals surface area (Å²) in [5.74, 6) is -0.266. The molecule has 3 rings (SSSR count). The van der Waals surface area contributed by atoms with E-state index in [0.717, 1.165) is 24.4 Å². The van der Waals surface area contributed by atoms with Crippen molar-refractivity contribution in [2.75, 3.05) is 33.4 Å². The number of hydrogen-bond donors (Lipinski definition) is 1. The first-order chi connectivity index (χ1) is 11.8. The topological polar surface area (TPSA) is 49.8 Å². The number of likely N-dealkylation sites (tertiary alicyclic amines) is 1. The van der Waals surface area contributed by atoms with Crippen LogP contribution in [0.5, 0.6) is 0 Å². The summed E-state index contributed by atoms with van der Waals surface area (Å²) in [5, 5.41) is 7.12. The van der Waals surface area contributed by atoms with Crippen LogP contribution in [0.3, 0.4) is 0 Å². The molecule has 1 unspecified atom stereocenters. The Labute approximate surface area is 145 Å². The fourth-order valence-electron chi connectivity index (χ4n) is 3.34. The monoisotopic (exact) mass is 359 g/mol. The van der Waals surface area contributed by atoms with E-state index >= 15 is 0 Å². The van der Waals surface area contributed by atoms with Crippen molar-refractivity contribution in [3.63, 3.8) is 0 Å². The number of rotatable bonds is 5. The largest absolute Gasteiger partial charge is 0.490 e. The van der Waals surface area contributed by atoms with Crippen molar-refractivity contribution in [3.8, 4) is 0 Å². The fraction of sp³-hybridized carbons (Fsp3) is 0.611. The maximum Gasteiger partial charge on any atom is 0.490 e. The lowest BCUT2D eigenvalue weighted by Gasteiger charge is -2.15. The maximum atomic E-state index is 10.6. The molecule has 1 saturated carbocycles. The van der Waals surface area contributed by atoms with Gasteiger partial charge in [0.05, 0.1) is 6.61 Å². The molecular weight excluding hydrogens is 335 g/mol. The Morgan fingerprint density at radius 3 is 2.52 bits per heavy atom. The third kappa shape index (κ3) is 6.32. The molecule has 0 bridgehead atoms. The molecule has 0 amide bonds. The van der Waals surface area contributed by atoms with E-state index in [0.29, 0.717) is 0 Å². The lowest BCUT2D eigenvalue weighted by Crippen LogP contribution is -2.24. The van der Waals surface area contributed by atoms with Crippen LogP contribution in [0.2, 0.25) is 0 Å². The van der Waals surface area contributed by atoms with Gasteiger partial charge in [0.25, 0.3) is 0 Å². The smallest absolute Gasteiger partial charge is 0.475 e. The molecule has 25 heavy (non-hydrogen) atoms. The first-order valence-corrected chi connectivity index (χ1v) is 8.37. The van der Waals surface area contributed by atoms with Gasteiger partial charge in [-0.15, -0.1) is 0 Å². The van der Waals surface area contributed by atoms with Crippen LogP contribution < -0.4 is 0 Å². The lowest BCUT2D eigenvalue weighted by molar-refractivity contribution is -0.192. The summed E-state index contributed by atoms with van der Waals surface area (Å²) >= 11 is 0. The normalized spacial score (nSPS) is 26.0.